The van der Waals surface area contributed by atoms with Gasteiger partial charge in [0.1, 0.15) is 0 Å². The van der Waals surface area contributed by atoms with Crippen molar-refractivity contribution in [1.29, 1.82) is 0 Å². The number of hydrogen-bond donors (Lipinski definition) is 2. The van der Waals surface area contributed by atoms with E-state index in [1.807, 2.05) is 23.4 Å². The number of anilines is 1. The summed E-state index contributed by atoms with van der Waals surface area (Å²) in [6.07, 6.45) is 0. The van der Waals surface area contributed by atoms with E-state index in [1.54, 1.807) is 0 Å². The number of thioether (sulfide) groups is 1. The highest BCUT2D eigenvalue weighted by atomic mass is 32.2. The maximum absolute atomic E-state index is 9.09. The Bertz CT molecular complexity index is 637. The molecular weight excluding hydrogens is 306 g/mol. The van der Waals surface area contributed by atoms with Gasteiger partial charge in [0.25, 0.3) is 0 Å². The number of aromatic nitrogens is 2. The number of nitrogens with one attached hydrogen (secondary N) is 1. The van der Waals surface area contributed by atoms with E-state index < -0.39 is 0 Å². The molecule has 0 aliphatic carbocycles. The topological polar surface area (TPSA) is 50.1 Å². The van der Waals surface area contributed by atoms with Crippen LogP contribution in [0.25, 0.3) is 0 Å². The summed E-state index contributed by atoms with van der Waals surface area (Å²) < 4.78 is 1.88. The van der Waals surface area contributed by atoms with Crippen LogP contribution in [0.5, 0.6) is 0 Å². The summed E-state index contributed by atoms with van der Waals surface area (Å²) >= 11 is 1.96. The van der Waals surface area contributed by atoms with Gasteiger partial charge in [-0.3, -0.25) is 4.68 Å². The molecule has 0 bridgehead atoms. The maximum Gasteiger partial charge on any atom is 0.0646 e. The molecule has 0 radical (unpaired) electrons. The second-order valence-electron chi connectivity index (χ2n) is 6.01. The van der Waals surface area contributed by atoms with E-state index in [4.69, 9.17) is 5.11 Å². The Morgan fingerprint density at radius 2 is 2.09 bits per heavy atom. The van der Waals surface area contributed by atoms with Gasteiger partial charge in [-0.05, 0) is 36.8 Å². The van der Waals surface area contributed by atoms with Crippen LogP contribution >= 0.6 is 11.8 Å². The molecule has 0 fully saturated rings. The van der Waals surface area contributed by atoms with Crippen molar-refractivity contribution in [3.05, 3.63) is 46.8 Å². The number of aliphatic hydroxyl groups is 1. The lowest BCUT2D eigenvalue weighted by molar-refractivity contribution is 0.268. The fourth-order valence-corrected chi connectivity index (χ4v) is 3.23. The Hall–Kier alpha value is -1.46. The second-order valence-corrected chi connectivity index (χ2v) is 7.57. The molecule has 126 valence electrons. The van der Waals surface area contributed by atoms with Gasteiger partial charge >= 0.3 is 0 Å². The molecule has 23 heavy (non-hydrogen) atoms. The normalized spacial score (nSPS) is 11.2. The standard InChI is InChI=1S/C18H27N3OS/c1-13(2)23-12-16-6-5-7-17(10-16)19-11-18-14(3)20-21(8-9-22)15(18)4/h5-7,10,13,19,22H,8-9,11-12H2,1-4H3. The molecule has 0 saturated heterocycles. The van der Waals surface area contributed by atoms with Crippen molar-refractivity contribution in [3.8, 4) is 0 Å². The van der Waals surface area contributed by atoms with Crippen molar-refractivity contribution in [2.24, 2.45) is 0 Å². The maximum atomic E-state index is 9.09. The van der Waals surface area contributed by atoms with Crippen molar-refractivity contribution in [3.63, 3.8) is 0 Å². The van der Waals surface area contributed by atoms with Crippen LogP contribution in [0.2, 0.25) is 0 Å². The number of rotatable bonds is 8. The predicted octanol–water partition coefficient (Wildman–Crippen LogP) is 3.75. The molecule has 1 heterocycles. The van der Waals surface area contributed by atoms with Crippen LogP contribution in [0.15, 0.2) is 24.3 Å². The first-order valence-electron chi connectivity index (χ1n) is 8.09. The number of aryl methyl sites for hydroxylation is 1. The average molecular weight is 334 g/mol. The lowest BCUT2D eigenvalue weighted by Gasteiger charge is -2.10. The largest absolute Gasteiger partial charge is 0.394 e. The third-order valence-corrected chi connectivity index (χ3v) is 4.99. The molecule has 2 aromatic rings. The Labute approximate surface area is 143 Å². The van der Waals surface area contributed by atoms with E-state index in [1.165, 1.54) is 11.1 Å². The molecule has 1 aromatic heterocycles. The molecule has 4 nitrogen and oxygen atoms in total. The van der Waals surface area contributed by atoms with Gasteiger partial charge in [0.2, 0.25) is 0 Å². The van der Waals surface area contributed by atoms with Gasteiger partial charge < -0.3 is 10.4 Å². The summed E-state index contributed by atoms with van der Waals surface area (Å²) in [4.78, 5) is 0. The minimum atomic E-state index is 0.115. The number of nitrogens with zero attached hydrogens (tertiary/aromatic N) is 2. The highest BCUT2D eigenvalue weighted by Crippen LogP contribution is 2.21. The minimum absolute atomic E-state index is 0.115. The van der Waals surface area contributed by atoms with Crippen LogP contribution < -0.4 is 5.32 Å². The average Bonchev–Trinajstić information content (AvgIpc) is 2.78. The Kier molecular flexibility index (Phi) is 6.54. The van der Waals surface area contributed by atoms with Crippen LogP contribution in [0.1, 0.15) is 36.4 Å². The highest BCUT2D eigenvalue weighted by molar-refractivity contribution is 7.99. The molecule has 0 atom stereocenters. The van der Waals surface area contributed by atoms with Gasteiger partial charge in [0, 0.05) is 29.2 Å². The summed E-state index contributed by atoms with van der Waals surface area (Å²) in [7, 11) is 0. The van der Waals surface area contributed by atoms with Gasteiger partial charge in [-0.15, -0.1) is 0 Å². The third kappa shape index (κ3) is 5.01. The summed E-state index contributed by atoms with van der Waals surface area (Å²) in [5.74, 6) is 1.04. The summed E-state index contributed by atoms with van der Waals surface area (Å²) in [6.45, 7) is 9.95. The molecule has 1 aromatic carbocycles. The van der Waals surface area contributed by atoms with E-state index >= 15 is 0 Å². The zero-order valence-corrected chi connectivity index (χ0v) is 15.3. The van der Waals surface area contributed by atoms with Crippen molar-refractivity contribution in [2.45, 2.75) is 51.8 Å². The number of hydrogen-bond acceptors (Lipinski definition) is 4. The molecule has 0 aliphatic heterocycles. The van der Waals surface area contributed by atoms with Crippen molar-refractivity contribution in [1.82, 2.24) is 9.78 Å². The van der Waals surface area contributed by atoms with E-state index in [0.29, 0.717) is 11.8 Å². The van der Waals surface area contributed by atoms with Gasteiger partial charge in [-0.25, -0.2) is 0 Å². The van der Waals surface area contributed by atoms with E-state index in [0.717, 1.165) is 29.4 Å². The molecule has 2 N–H and O–H groups in total. The van der Waals surface area contributed by atoms with Crippen LogP contribution in [0.4, 0.5) is 5.69 Å². The number of benzene rings is 1. The van der Waals surface area contributed by atoms with Gasteiger partial charge in [0.15, 0.2) is 0 Å². The van der Waals surface area contributed by atoms with Crippen LogP contribution in [0.3, 0.4) is 0 Å². The first-order chi connectivity index (χ1) is 11.0. The Morgan fingerprint density at radius 1 is 1.30 bits per heavy atom. The van der Waals surface area contributed by atoms with Crippen molar-refractivity contribution >= 4 is 17.4 Å². The SMILES string of the molecule is Cc1nn(CCO)c(C)c1CNc1cccc(CSC(C)C)c1. The second kappa shape index (κ2) is 8.41. The Morgan fingerprint density at radius 3 is 2.78 bits per heavy atom. The zero-order chi connectivity index (χ0) is 16.8. The van der Waals surface area contributed by atoms with E-state index in [2.05, 4.69) is 55.5 Å². The van der Waals surface area contributed by atoms with Gasteiger partial charge in [-0.1, -0.05) is 26.0 Å². The zero-order valence-electron chi connectivity index (χ0n) is 14.5. The monoisotopic (exact) mass is 333 g/mol. The number of aliphatic hydroxyl groups excluding tert-OH is 1. The van der Waals surface area contributed by atoms with Crippen molar-refractivity contribution < 1.29 is 5.11 Å². The molecule has 0 spiro atoms. The van der Waals surface area contributed by atoms with Crippen LogP contribution in [0, 0.1) is 13.8 Å². The third-order valence-electron chi connectivity index (χ3n) is 3.82. The van der Waals surface area contributed by atoms with Gasteiger partial charge in [-0.2, -0.15) is 16.9 Å². The molecule has 0 aliphatic rings. The molecule has 0 amide bonds. The molecule has 5 heteroatoms. The first-order valence-corrected chi connectivity index (χ1v) is 9.14. The van der Waals surface area contributed by atoms with Crippen LogP contribution in [-0.4, -0.2) is 26.7 Å². The van der Waals surface area contributed by atoms with E-state index in [-0.39, 0.29) is 6.61 Å². The Balaban J connectivity index is 2.02. The summed E-state index contributed by atoms with van der Waals surface area (Å²) in [5.41, 5.74) is 5.84. The molecular formula is C18H27N3OS. The predicted molar refractivity (Wildman–Crippen MR) is 99.0 cm³/mol. The van der Waals surface area contributed by atoms with Gasteiger partial charge in [0.05, 0.1) is 18.8 Å². The summed E-state index contributed by atoms with van der Waals surface area (Å²) in [6, 6.07) is 8.61. The fourth-order valence-electron chi connectivity index (χ4n) is 2.53. The minimum Gasteiger partial charge on any atom is -0.394 e. The van der Waals surface area contributed by atoms with Crippen molar-refractivity contribution in [2.75, 3.05) is 11.9 Å². The smallest absolute Gasteiger partial charge is 0.0646 e. The highest BCUT2D eigenvalue weighted by Gasteiger charge is 2.11. The summed E-state index contributed by atoms with van der Waals surface area (Å²) in [5, 5.41) is 17.7. The molecule has 0 unspecified atom stereocenters. The quantitative estimate of drug-likeness (QED) is 0.772. The molecule has 0 saturated carbocycles. The first kappa shape index (κ1) is 17.9. The van der Waals surface area contributed by atoms with Crippen LogP contribution in [-0.2, 0) is 18.8 Å². The molecule has 2 rings (SSSR count). The fraction of sp³-hybridized carbons (Fsp3) is 0.500. The lowest BCUT2D eigenvalue weighted by Crippen LogP contribution is -2.07. The van der Waals surface area contributed by atoms with E-state index in [9.17, 15) is 0 Å². The lowest BCUT2D eigenvalue weighted by atomic mass is 10.2.